The molecule has 40 heavy (non-hydrogen) atoms. The number of anilines is 2. The number of H-pyrrole nitrogens is 2. The van der Waals surface area contributed by atoms with E-state index in [1.165, 1.54) is 7.11 Å². The summed E-state index contributed by atoms with van der Waals surface area (Å²) in [5.41, 5.74) is 7.23. The van der Waals surface area contributed by atoms with Gasteiger partial charge < -0.3 is 30.2 Å². The number of nitrogens with zero attached hydrogens (tertiary/aromatic N) is 2. The number of ether oxygens (including phenoxy) is 1. The number of imidazole rings is 1. The van der Waals surface area contributed by atoms with Crippen LogP contribution in [-0.4, -0.2) is 52.1 Å². The number of para-hydroxylation sites is 1. The number of methoxy groups -OCH3 is 1. The summed E-state index contributed by atoms with van der Waals surface area (Å²) in [6.45, 7) is 2.75. The van der Waals surface area contributed by atoms with E-state index in [1.54, 1.807) is 11.1 Å². The first-order valence-corrected chi connectivity index (χ1v) is 13.2. The molecule has 0 fully saturated rings. The van der Waals surface area contributed by atoms with Gasteiger partial charge in [0.05, 0.1) is 31.2 Å². The van der Waals surface area contributed by atoms with Crippen LogP contribution in [-0.2, 0) is 16.1 Å². The highest BCUT2D eigenvalue weighted by Crippen LogP contribution is 2.31. The van der Waals surface area contributed by atoms with Crippen LogP contribution in [0.1, 0.15) is 19.2 Å². The molecule has 9 nitrogen and oxygen atoms in total. The number of carbonyl (C=O) groups is 2. The average molecular weight is 537 g/mol. The van der Waals surface area contributed by atoms with Gasteiger partial charge >= 0.3 is 6.09 Å². The van der Waals surface area contributed by atoms with Gasteiger partial charge in [0.15, 0.2) is 0 Å². The van der Waals surface area contributed by atoms with E-state index in [4.69, 9.17) is 0 Å². The van der Waals surface area contributed by atoms with Crippen molar-refractivity contribution in [2.45, 2.75) is 19.9 Å². The van der Waals surface area contributed by atoms with E-state index in [2.05, 4.69) is 72.8 Å². The van der Waals surface area contributed by atoms with Crippen molar-refractivity contribution in [2.24, 2.45) is 0 Å². The summed E-state index contributed by atoms with van der Waals surface area (Å²) in [6.07, 6.45) is 3.92. The van der Waals surface area contributed by atoms with Gasteiger partial charge in [-0.3, -0.25) is 4.79 Å². The van der Waals surface area contributed by atoms with Gasteiger partial charge in [-0.25, -0.2) is 9.78 Å². The number of benzene rings is 3. The molecule has 0 saturated heterocycles. The topological polar surface area (TPSA) is 115 Å². The number of amides is 2. The van der Waals surface area contributed by atoms with Gasteiger partial charge in [-0.15, -0.1) is 0 Å². The van der Waals surface area contributed by atoms with Crippen molar-refractivity contribution in [3.63, 3.8) is 0 Å². The van der Waals surface area contributed by atoms with Crippen LogP contribution in [0, 0.1) is 0 Å². The summed E-state index contributed by atoms with van der Waals surface area (Å²) >= 11 is 0. The van der Waals surface area contributed by atoms with Crippen molar-refractivity contribution >= 4 is 34.3 Å². The molecule has 204 valence electrons. The van der Waals surface area contributed by atoms with E-state index >= 15 is 0 Å². The van der Waals surface area contributed by atoms with Gasteiger partial charge in [0.1, 0.15) is 12.4 Å². The maximum atomic E-state index is 12.6. The molecule has 5 aromatic rings. The van der Waals surface area contributed by atoms with E-state index in [1.807, 2.05) is 43.5 Å². The fraction of sp³-hybridized carbons (Fsp3) is 0.194. The van der Waals surface area contributed by atoms with Crippen LogP contribution < -0.4 is 10.6 Å². The molecule has 0 saturated carbocycles. The highest BCUT2D eigenvalue weighted by atomic mass is 16.5. The van der Waals surface area contributed by atoms with E-state index in [0.717, 1.165) is 51.1 Å². The first-order valence-electron chi connectivity index (χ1n) is 13.2. The summed E-state index contributed by atoms with van der Waals surface area (Å²) in [4.78, 5) is 36.7. The second-order valence-electron chi connectivity index (χ2n) is 9.44. The summed E-state index contributed by atoms with van der Waals surface area (Å²) in [6, 6.07) is 24.8. The average Bonchev–Trinajstić information content (AvgIpc) is 3.63. The lowest BCUT2D eigenvalue weighted by Gasteiger charge is -2.21. The lowest BCUT2D eigenvalue weighted by Crippen LogP contribution is -2.40. The molecule has 9 heteroatoms. The highest BCUT2D eigenvalue weighted by Gasteiger charge is 2.16. The zero-order valence-corrected chi connectivity index (χ0v) is 22.5. The van der Waals surface area contributed by atoms with Gasteiger partial charge in [-0.1, -0.05) is 55.5 Å². The van der Waals surface area contributed by atoms with Crippen molar-refractivity contribution in [3.05, 3.63) is 91.0 Å². The fourth-order valence-electron chi connectivity index (χ4n) is 4.59. The van der Waals surface area contributed by atoms with E-state index in [9.17, 15) is 9.59 Å². The molecular formula is C31H32N6O3. The minimum Gasteiger partial charge on any atom is -0.453 e. The number of hydrogen-bond acceptors (Lipinski definition) is 5. The highest BCUT2D eigenvalue weighted by molar-refractivity contribution is 5.97. The van der Waals surface area contributed by atoms with Crippen LogP contribution >= 0.6 is 0 Å². The molecule has 0 bridgehead atoms. The Morgan fingerprint density at radius 1 is 0.975 bits per heavy atom. The second-order valence-corrected chi connectivity index (χ2v) is 9.44. The minimum atomic E-state index is -0.633. The van der Waals surface area contributed by atoms with Crippen LogP contribution in [0.25, 0.3) is 33.3 Å². The fourth-order valence-corrected chi connectivity index (χ4v) is 4.59. The number of nitrogens with one attached hydrogen (secondary N) is 4. The number of hydrogen-bond donors (Lipinski definition) is 4. The van der Waals surface area contributed by atoms with Gasteiger partial charge in [-0.2, -0.15) is 0 Å². The van der Waals surface area contributed by atoms with Crippen molar-refractivity contribution in [3.8, 4) is 22.4 Å². The SMILES string of the molecule is CCCN(Cc1ncc(-c2ccc(-c3ccc4[nH]cc(Nc5ccccc5)c4c3)cc2)[nH]1)C(=O)CNC(=O)OC. The summed E-state index contributed by atoms with van der Waals surface area (Å²) in [7, 11) is 1.27. The molecule has 0 aliphatic heterocycles. The van der Waals surface area contributed by atoms with Crippen LogP contribution in [0.2, 0.25) is 0 Å². The number of alkyl carbamates (subject to hydrolysis) is 1. The third-order valence-corrected chi connectivity index (χ3v) is 6.65. The van der Waals surface area contributed by atoms with Gasteiger partial charge in [-0.05, 0) is 47.4 Å². The summed E-state index contributed by atoms with van der Waals surface area (Å²) < 4.78 is 4.55. The van der Waals surface area contributed by atoms with Crippen molar-refractivity contribution in [2.75, 3.05) is 25.5 Å². The van der Waals surface area contributed by atoms with Gasteiger partial charge in [0, 0.05) is 29.3 Å². The molecule has 5 rings (SSSR count). The van der Waals surface area contributed by atoms with Crippen LogP contribution in [0.4, 0.5) is 16.2 Å². The Balaban J connectivity index is 1.29. The summed E-state index contributed by atoms with van der Waals surface area (Å²) in [5, 5.41) is 7.05. The number of rotatable bonds is 10. The first-order chi connectivity index (χ1) is 19.5. The molecule has 0 atom stereocenters. The Hall–Kier alpha value is -5.05. The third kappa shape index (κ3) is 6.15. The maximum absolute atomic E-state index is 12.6. The van der Waals surface area contributed by atoms with Crippen molar-refractivity contribution < 1.29 is 14.3 Å². The number of carbonyl (C=O) groups excluding carboxylic acids is 2. The monoisotopic (exact) mass is 536 g/mol. The van der Waals surface area contributed by atoms with Gasteiger partial charge in [0.25, 0.3) is 0 Å². The molecule has 0 unspecified atom stereocenters. The molecule has 0 aliphatic rings. The van der Waals surface area contributed by atoms with Crippen LogP contribution in [0.5, 0.6) is 0 Å². The maximum Gasteiger partial charge on any atom is 0.407 e. The molecule has 4 N–H and O–H groups in total. The minimum absolute atomic E-state index is 0.125. The van der Waals surface area contributed by atoms with Gasteiger partial charge in [0.2, 0.25) is 5.91 Å². The standard InChI is InChI=1S/C31H32N6O3/c1-3-15-37(30(38)19-34-31(39)40-2)20-29-33-17-27(36-29)22-11-9-21(10-12-22)23-13-14-26-25(16-23)28(18-32-26)35-24-7-5-4-6-8-24/h4-14,16-18,32,35H,3,15,19-20H2,1-2H3,(H,33,36)(H,34,39). The lowest BCUT2D eigenvalue weighted by atomic mass is 10.0. The van der Waals surface area contributed by atoms with Crippen molar-refractivity contribution in [1.29, 1.82) is 0 Å². The normalized spacial score (nSPS) is 10.8. The predicted octanol–water partition coefficient (Wildman–Crippen LogP) is 6.06. The molecular weight excluding hydrogens is 504 g/mol. The first kappa shape index (κ1) is 26.6. The zero-order chi connectivity index (χ0) is 27.9. The van der Waals surface area contributed by atoms with E-state index in [0.29, 0.717) is 18.9 Å². The Labute approximate surface area is 232 Å². The molecule has 2 heterocycles. The quantitative estimate of drug-likeness (QED) is 0.173. The van der Waals surface area contributed by atoms with Crippen LogP contribution in [0.3, 0.4) is 0 Å². The third-order valence-electron chi connectivity index (χ3n) is 6.65. The Kier molecular flexibility index (Phi) is 8.10. The van der Waals surface area contributed by atoms with Crippen LogP contribution in [0.15, 0.2) is 85.2 Å². The number of aromatic amines is 2. The lowest BCUT2D eigenvalue weighted by molar-refractivity contribution is -0.130. The second kappa shape index (κ2) is 12.2. The Morgan fingerprint density at radius 3 is 2.48 bits per heavy atom. The largest absolute Gasteiger partial charge is 0.453 e. The molecule has 2 aromatic heterocycles. The smallest absolute Gasteiger partial charge is 0.407 e. The molecule has 0 radical (unpaired) electrons. The Morgan fingerprint density at radius 2 is 1.73 bits per heavy atom. The Bertz CT molecular complexity index is 1590. The summed E-state index contributed by atoms with van der Waals surface area (Å²) in [5.74, 6) is 0.478. The number of fused-ring (bicyclic) bond motifs is 1. The molecule has 0 aliphatic carbocycles. The molecule has 2 amide bonds. The predicted molar refractivity (Wildman–Crippen MR) is 157 cm³/mol. The van der Waals surface area contributed by atoms with E-state index in [-0.39, 0.29) is 12.5 Å². The molecule has 0 spiro atoms. The number of aromatic nitrogens is 3. The molecule has 3 aromatic carbocycles. The van der Waals surface area contributed by atoms with Crippen molar-refractivity contribution in [1.82, 2.24) is 25.2 Å². The zero-order valence-electron chi connectivity index (χ0n) is 22.5. The van der Waals surface area contributed by atoms with E-state index < -0.39 is 6.09 Å².